The van der Waals surface area contributed by atoms with Crippen molar-refractivity contribution in [2.45, 2.75) is 4.34 Å². The summed E-state index contributed by atoms with van der Waals surface area (Å²) in [5, 5.41) is 14.1. The molecule has 0 bridgehead atoms. The molecule has 2 N–H and O–H groups in total. The summed E-state index contributed by atoms with van der Waals surface area (Å²) < 4.78 is 10.5. The first kappa shape index (κ1) is 24.8. The molecule has 2 amide bonds. The van der Waals surface area contributed by atoms with Crippen LogP contribution in [0, 0.1) is 0 Å². The molecule has 172 valence electrons. The standard InChI is InChI=1S/C20H16Cl2N4O5S2/c1-30-18(29)11-2-5-13(6-3-11)23-17(28)10-32-20-26-25-19(33-20)24-16(27)9-31-15-7-4-12(21)8-14(15)22/h2-8H,9-10H2,1H3,(H,23,28)(H,24,25,27). The number of carbonyl (C=O) groups excluding carboxylic acids is 3. The number of thioether (sulfide) groups is 1. The molecule has 0 saturated heterocycles. The highest BCUT2D eigenvalue weighted by atomic mass is 35.5. The molecule has 0 saturated carbocycles. The lowest BCUT2D eigenvalue weighted by atomic mass is 10.2. The van der Waals surface area contributed by atoms with Gasteiger partial charge in [-0.3, -0.25) is 14.9 Å². The van der Waals surface area contributed by atoms with Crippen molar-refractivity contribution in [2.75, 3.05) is 30.1 Å². The van der Waals surface area contributed by atoms with Gasteiger partial charge >= 0.3 is 5.97 Å². The number of carbonyl (C=O) groups is 3. The topological polar surface area (TPSA) is 120 Å². The highest BCUT2D eigenvalue weighted by molar-refractivity contribution is 8.01. The molecule has 0 fully saturated rings. The van der Waals surface area contributed by atoms with Crippen LogP contribution in [0.2, 0.25) is 10.0 Å². The Kier molecular flexibility index (Phi) is 8.89. The molecule has 3 aromatic rings. The number of anilines is 2. The lowest BCUT2D eigenvalue weighted by Gasteiger charge is -2.07. The van der Waals surface area contributed by atoms with Gasteiger partial charge in [-0.1, -0.05) is 46.3 Å². The summed E-state index contributed by atoms with van der Waals surface area (Å²) in [5.74, 6) is -0.750. The summed E-state index contributed by atoms with van der Waals surface area (Å²) in [6.45, 7) is -0.277. The number of hydrogen-bond acceptors (Lipinski definition) is 9. The van der Waals surface area contributed by atoms with Crippen LogP contribution in [0.5, 0.6) is 5.75 Å². The normalized spacial score (nSPS) is 10.4. The van der Waals surface area contributed by atoms with Crippen LogP contribution in [0.15, 0.2) is 46.8 Å². The molecule has 0 aliphatic heterocycles. The zero-order valence-electron chi connectivity index (χ0n) is 17.0. The molecule has 1 heterocycles. The molecule has 13 heteroatoms. The second-order valence-corrected chi connectivity index (χ2v) is 9.23. The smallest absolute Gasteiger partial charge is 0.337 e. The van der Waals surface area contributed by atoms with E-state index in [2.05, 4.69) is 25.6 Å². The van der Waals surface area contributed by atoms with Crippen molar-refractivity contribution in [2.24, 2.45) is 0 Å². The third-order valence-corrected chi connectivity index (χ3v) is 6.32. The SMILES string of the molecule is COC(=O)c1ccc(NC(=O)CSc2nnc(NC(=O)COc3ccc(Cl)cc3Cl)s2)cc1. The molecule has 2 aromatic carbocycles. The van der Waals surface area contributed by atoms with Gasteiger partial charge in [0.05, 0.1) is 23.4 Å². The van der Waals surface area contributed by atoms with Gasteiger partial charge in [0, 0.05) is 10.7 Å². The van der Waals surface area contributed by atoms with Gasteiger partial charge in [0.2, 0.25) is 11.0 Å². The van der Waals surface area contributed by atoms with E-state index in [9.17, 15) is 14.4 Å². The fourth-order valence-electron chi connectivity index (χ4n) is 2.34. The number of aromatic nitrogens is 2. The Morgan fingerprint density at radius 2 is 1.79 bits per heavy atom. The maximum atomic E-state index is 12.1. The van der Waals surface area contributed by atoms with Crippen LogP contribution >= 0.6 is 46.3 Å². The van der Waals surface area contributed by atoms with Gasteiger partial charge in [-0.2, -0.15) is 0 Å². The number of hydrogen-bond donors (Lipinski definition) is 2. The Balaban J connectivity index is 1.43. The molecule has 33 heavy (non-hydrogen) atoms. The fraction of sp³-hybridized carbons (Fsp3) is 0.150. The van der Waals surface area contributed by atoms with Crippen LogP contribution in [-0.2, 0) is 14.3 Å². The molecule has 0 atom stereocenters. The fourth-order valence-corrected chi connectivity index (χ4v) is 4.37. The minimum atomic E-state index is -0.456. The van der Waals surface area contributed by atoms with Crippen molar-refractivity contribution in [3.8, 4) is 5.75 Å². The molecule has 0 aliphatic rings. The number of amides is 2. The molecule has 0 spiro atoms. The number of halogens is 2. The molecule has 0 aliphatic carbocycles. The summed E-state index contributed by atoms with van der Waals surface area (Å²) >= 11 is 14.1. The van der Waals surface area contributed by atoms with Crippen LogP contribution in [0.25, 0.3) is 0 Å². The van der Waals surface area contributed by atoms with E-state index in [-0.39, 0.29) is 23.4 Å². The van der Waals surface area contributed by atoms with E-state index in [0.29, 0.717) is 31.4 Å². The zero-order valence-corrected chi connectivity index (χ0v) is 20.1. The number of esters is 1. The second-order valence-electron chi connectivity index (χ2n) is 6.19. The summed E-state index contributed by atoms with van der Waals surface area (Å²) in [5.41, 5.74) is 0.925. The predicted octanol–water partition coefficient (Wildman–Crippen LogP) is 4.38. The van der Waals surface area contributed by atoms with Gasteiger partial charge in [0.15, 0.2) is 10.9 Å². The highest BCUT2D eigenvalue weighted by Crippen LogP contribution is 2.28. The van der Waals surface area contributed by atoms with Gasteiger partial charge in [-0.25, -0.2) is 4.79 Å². The number of methoxy groups -OCH3 is 1. The summed E-state index contributed by atoms with van der Waals surface area (Å²) in [4.78, 5) is 35.6. The molecule has 9 nitrogen and oxygen atoms in total. The first-order valence-corrected chi connectivity index (χ1v) is 11.7. The van der Waals surface area contributed by atoms with Gasteiger partial charge in [-0.15, -0.1) is 10.2 Å². The molecule has 0 unspecified atom stereocenters. The van der Waals surface area contributed by atoms with Gasteiger partial charge in [0.25, 0.3) is 5.91 Å². The van der Waals surface area contributed by atoms with Crippen molar-refractivity contribution in [3.63, 3.8) is 0 Å². The average molecular weight is 527 g/mol. The van der Waals surface area contributed by atoms with Crippen LogP contribution in [-0.4, -0.2) is 47.5 Å². The van der Waals surface area contributed by atoms with Crippen molar-refractivity contribution < 1.29 is 23.9 Å². The maximum absolute atomic E-state index is 12.1. The Hall–Kier alpha value is -2.86. The maximum Gasteiger partial charge on any atom is 0.337 e. The van der Waals surface area contributed by atoms with Gasteiger partial charge in [0.1, 0.15) is 5.75 Å². The largest absolute Gasteiger partial charge is 0.482 e. The number of ether oxygens (including phenoxy) is 2. The Labute approximate surface area is 206 Å². The Morgan fingerprint density at radius 1 is 1.03 bits per heavy atom. The third kappa shape index (κ3) is 7.60. The molecular formula is C20H16Cl2N4O5S2. The Morgan fingerprint density at radius 3 is 2.48 bits per heavy atom. The number of nitrogens with zero attached hydrogens (tertiary/aromatic N) is 2. The van der Waals surface area contributed by atoms with E-state index in [4.69, 9.17) is 27.9 Å². The quantitative estimate of drug-likeness (QED) is 0.239. The van der Waals surface area contributed by atoms with E-state index in [1.54, 1.807) is 36.4 Å². The minimum absolute atomic E-state index is 0.0828. The minimum Gasteiger partial charge on any atom is -0.482 e. The monoisotopic (exact) mass is 526 g/mol. The lowest BCUT2D eigenvalue weighted by Crippen LogP contribution is -2.20. The Bertz CT molecular complexity index is 1160. The van der Waals surface area contributed by atoms with Crippen molar-refractivity contribution in [1.82, 2.24) is 10.2 Å². The molecule has 0 radical (unpaired) electrons. The summed E-state index contributed by atoms with van der Waals surface area (Å²) in [6, 6.07) is 11.0. The lowest BCUT2D eigenvalue weighted by molar-refractivity contribution is -0.118. The van der Waals surface area contributed by atoms with Crippen LogP contribution in [0.4, 0.5) is 10.8 Å². The third-order valence-electron chi connectivity index (χ3n) is 3.82. The van der Waals surface area contributed by atoms with Crippen LogP contribution in [0.1, 0.15) is 10.4 Å². The van der Waals surface area contributed by atoms with E-state index in [0.717, 1.165) is 11.3 Å². The van der Waals surface area contributed by atoms with E-state index >= 15 is 0 Å². The highest BCUT2D eigenvalue weighted by Gasteiger charge is 2.12. The van der Waals surface area contributed by atoms with Crippen molar-refractivity contribution in [3.05, 3.63) is 58.1 Å². The van der Waals surface area contributed by atoms with E-state index < -0.39 is 11.9 Å². The summed E-state index contributed by atoms with van der Waals surface area (Å²) in [6.07, 6.45) is 0. The number of benzene rings is 2. The molecular weight excluding hydrogens is 511 g/mol. The first-order chi connectivity index (χ1) is 15.8. The first-order valence-electron chi connectivity index (χ1n) is 9.16. The average Bonchev–Trinajstić information content (AvgIpc) is 3.24. The predicted molar refractivity (Wildman–Crippen MR) is 128 cm³/mol. The zero-order chi connectivity index (χ0) is 23.8. The summed E-state index contributed by atoms with van der Waals surface area (Å²) in [7, 11) is 1.30. The van der Waals surface area contributed by atoms with Crippen molar-refractivity contribution in [1.29, 1.82) is 0 Å². The van der Waals surface area contributed by atoms with Crippen LogP contribution < -0.4 is 15.4 Å². The number of rotatable bonds is 9. The second kappa shape index (κ2) is 11.8. The molecule has 1 aromatic heterocycles. The van der Waals surface area contributed by atoms with Crippen molar-refractivity contribution >= 4 is 74.9 Å². The number of nitrogens with one attached hydrogen (secondary N) is 2. The van der Waals surface area contributed by atoms with Gasteiger partial charge < -0.3 is 14.8 Å². The van der Waals surface area contributed by atoms with Gasteiger partial charge in [-0.05, 0) is 42.5 Å². The van der Waals surface area contributed by atoms with E-state index in [1.165, 1.54) is 24.9 Å². The van der Waals surface area contributed by atoms with Crippen LogP contribution in [0.3, 0.4) is 0 Å². The van der Waals surface area contributed by atoms with E-state index in [1.807, 2.05) is 0 Å². The molecule has 3 rings (SSSR count).